The molecule has 36 heavy (non-hydrogen) atoms. The molecule has 2 fully saturated rings. The minimum absolute atomic E-state index is 0.398. The zero-order valence-electron chi connectivity index (χ0n) is 21.4. The molecule has 3 heterocycles. The summed E-state index contributed by atoms with van der Waals surface area (Å²) in [5, 5.41) is 18.5. The number of anilines is 1. The quantitative estimate of drug-likeness (QED) is 0.435. The largest absolute Gasteiger partial charge is 0.379 e. The van der Waals surface area contributed by atoms with Gasteiger partial charge in [-0.1, -0.05) is 19.1 Å². The van der Waals surface area contributed by atoms with Crippen molar-refractivity contribution in [3.63, 3.8) is 0 Å². The molecule has 1 unspecified atom stereocenters. The van der Waals surface area contributed by atoms with Gasteiger partial charge in [-0.25, -0.2) is 4.68 Å². The Bertz CT molecular complexity index is 1130. The molecule has 0 radical (unpaired) electrons. The molecule has 0 amide bonds. The topological polar surface area (TPSA) is 101 Å². The molecule has 0 bridgehead atoms. The smallest absolute Gasteiger partial charge is 0.154 e. The normalized spacial score (nSPS) is 23.9. The number of aliphatic hydroxyl groups excluding tert-OH is 1. The Morgan fingerprint density at radius 3 is 2.47 bits per heavy atom. The van der Waals surface area contributed by atoms with Crippen LogP contribution in [0.4, 0.5) is 5.69 Å². The number of benzene rings is 1. The molecule has 1 aliphatic carbocycles. The van der Waals surface area contributed by atoms with Crippen molar-refractivity contribution in [1.29, 1.82) is 0 Å². The third-order valence-corrected chi connectivity index (χ3v) is 7.92. The molecule has 4 N–H and O–H groups in total. The van der Waals surface area contributed by atoms with E-state index in [2.05, 4.69) is 46.5 Å². The molecule has 8 heteroatoms. The highest BCUT2D eigenvalue weighted by Gasteiger charge is 2.36. The standard InChI is InChI=1S/C28H38N6O2/c1-3-21-4-7-24(8-5-21)34-20(2)25(19-31-34)27(35)32-22-6-9-26(30-18-22)28(29)12-10-23(11-13-28)33-14-16-36-17-15-33/h4-9,18-19,23,27,32,35H,3,10-17,29H2,1-2H3. The van der Waals surface area contributed by atoms with E-state index in [1.807, 2.05) is 23.7 Å². The fourth-order valence-corrected chi connectivity index (χ4v) is 5.51. The molecule has 1 aromatic carbocycles. The van der Waals surface area contributed by atoms with Crippen LogP contribution in [0, 0.1) is 6.92 Å². The summed E-state index contributed by atoms with van der Waals surface area (Å²) in [6, 6.07) is 12.9. The number of nitrogens with one attached hydrogen (secondary N) is 1. The number of aromatic nitrogens is 3. The average molecular weight is 491 g/mol. The van der Waals surface area contributed by atoms with Crippen molar-refractivity contribution in [3.05, 3.63) is 71.3 Å². The number of nitrogens with zero attached hydrogens (tertiary/aromatic N) is 4. The van der Waals surface area contributed by atoms with Gasteiger partial charge in [-0.2, -0.15) is 5.10 Å². The second-order valence-electron chi connectivity index (χ2n) is 10.1. The Morgan fingerprint density at radius 2 is 1.83 bits per heavy atom. The van der Waals surface area contributed by atoms with E-state index in [1.54, 1.807) is 12.4 Å². The van der Waals surface area contributed by atoms with E-state index in [0.717, 1.165) is 86.7 Å². The highest BCUT2D eigenvalue weighted by atomic mass is 16.5. The second kappa shape index (κ2) is 10.7. The van der Waals surface area contributed by atoms with Crippen molar-refractivity contribution in [3.8, 4) is 5.69 Å². The molecule has 1 saturated carbocycles. The zero-order chi connectivity index (χ0) is 25.1. The molecule has 2 aromatic heterocycles. The van der Waals surface area contributed by atoms with E-state index in [9.17, 15) is 5.11 Å². The maximum atomic E-state index is 10.9. The van der Waals surface area contributed by atoms with Gasteiger partial charge in [-0.15, -0.1) is 0 Å². The number of aryl methyl sites for hydroxylation is 1. The maximum absolute atomic E-state index is 10.9. The van der Waals surface area contributed by atoms with Gasteiger partial charge in [-0.3, -0.25) is 9.88 Å². The van der Waals surface area contributed by atoms with Crippen molar-refractivity contribution in [1.82, 2.24) is 19.7 Å². The van der Waals surface area contributed by atoms with Crippen LogP contribution in [0.15, 0.2) is 48.8 Å². The first-order valence-corrected chi connectivity index (χ1v) is 13.1. The van der Waals surface area contributed by atoms with Gasteiger partial charge in [0.05, 0.1) is 48.2 Å². The first-order valence-electron chi connectivity index (χ1n) is 13.1. The van der Waals surface area contributed by atoms with Crippen LogP contribution in [0.2, 0.25) is 0 Å². The van der Waals surface area contributed by atoms with Gasteiger partial charge < -0.3 is 20.9 Å². The van der Waals surface area contributed by atoms with E-state index in [4.69, 9.17) is 15.5 Å². The lowest BCUT2D eigenvalue weighted by atomic mass is 9.77. The van der Waals surface area contributed by atoms with Crippen LogP contribution in [-0.2, 0) is 16.7 Å². The van der Waals surface area contributed by atoms with E-state index in [-0.39, 0.29) is 0 Å². The minimum Gasteiger partial charge on any atom is -0.379 e. The molecule has 1 saturated heterocycles. The van der Waals surface area contributed by atoms with Gasteiger partial charge in [0.15, 0.2) is 6.23 Å². The first kappa shape index (κ1) is 24.9. The van der Waals surface area contributed by atoms with Gasteiger partial charge >= 0.3 is 0 Å². The summed E-state index contributed by atoms with van der Waals surface area (Å²) in [4.78, 5) is 7.25. The van der Waals surface area contributed by atoms with Crippen LogP contribution in [0.3, 0.4) is 0 Å². The second-order valence-corrected chi connectivity index (χ2v) is 10.1. The van der Waals surface area contributed by atoms with Crippen molar-refractivity contribution in [2.24, 2.45) is 5.73 Å². The van der Waals surface area contributed by atoms with Crippen molar-refractivity contribution in [2.75, 3.05) is 31.6 Å². The highest BCUT2D eigenvalue weighted by Crippen LogP contribution is 2.36. The summed E-state index contributed by atoms with van der Waals surface area (Å²) in [5.74, 6) is 0. The predicted octanol–water partition coefficient (Wildman–Crippen LogP) is 3.67. The summed E-state index contributed by atoms with van der Waals surface area (Å²) in [7, 11) is 0. The Hall–Kier alpha value is -2.78. The van der Waals surface area contributed by atoms with Gasteiger partial charge in [0.25, 0.3) is 0 Å². The lowest BCUT2D eigenvalue weighted by Crippen LogP contribution is -2.49. The third-order valence-electron chi connectivity index (χ3n) is 7.92. The fourth-order valence-electron chi connectivity index (χ4n) is 5.51. The molecular formula is C28H38N6O2. The van der Waals surface area contributed by atoms with Gasteiger partial charge in [0, 0.05) is 30.4 Å². The lowest BCUT2D eigenvalue weighted by Gasteiger charge is -2.42. The predicted molar refractivity (Wildman–Crippen MR) is 141 cm³/mol. The summed E-state index contributed by atoms with van der Waals surface area (Å²) in [5.41, 5.74) is 12.0. The van der Waals surface area contributed by atoms with E-state index < -0.39 is 11.8 Å². The minimum atomic E-state index is -0.892. The van der Waals surface area contributed by atoms with Crippen LogP contribution < -0.4 is 11.1 Å². The molecule has 8 nitrogen and oxygen atoms in total. The van der Waals surface area contributed by atoms with Gasteiger partial charge in [-0.05, 0) is 68.9 Å². The molecule has 1 aliphatic heterocycles. The zero-order valence-corrected chi connectivity index (χ0v) is 21.4. The Balaban J connectivity index is 1.21. The van der Waals surface area contributed by atoms with Crippen LogP contribution in [0.1, 0.15) is 61.3 Å². The van der Waals surface area contributed by atoms with Crippen LogP contribution in [-0.4, -0.2) is 57.1 Å². The molecule has 3 aromatic rings. The number of hydrogen-bond donors (Lipinski definition) is 3. The molecule has 5 rings (SSSR count). The third kappa shape index (κ3) is 5.18. The molecule has 1 atom stereocenters. The number of morpholine rings is 1. The van der Waals surface area contributed by atoms with Crippen LogP contribution in [0.5, 0.6) is 0 Å². The van der Waals surface area contributed by atoms with Crippen molar-refractivity contribution >= 4 is 5.69 Å². The van der Waals surface area contributed by atoms with Gasteiger partial charge in [0.1, 0.15) is 0 Å². The Morgan fingerprint density at radius 1 is 1.11 bits per heavy atom. The highest BCUT2D eigenvalue weighted by molar-refractivity contribution is 5.45. The summed E-state index contributed by atoms with van der Waals surface area (Å²) in [6.45, 7) is 7.81. The van der Waals surface area contributed by atoms with Crippen LogP contribution >= 0.6 is 0 Å². The summed E-state index contributed by atoms with van der Waals surface area (Å²) >= 11 is 0. The van der Waals surface area contributed by atoms with E-state index in [0.29, 0.717) is 6.04 Å². The fraction of sp³-hybridized carbons (Fsp3) is 0.500. The lowest BCUT2D eigenvalue weighted by molar-refractivity contribution is 0.00273. The molecular weight excluding hydrogens is 452 g/mol. The number of hydrogen-bond acceptors (Lipinski definition) is 7. The van der Waals surface area contributed by atoms with E-state index >= 15 is 0 Å². The number of rotatable bonds is 7. The number of nitrogens with two attached hydrogens (primary N) is 1. The number of aliphatic hydroxyl groups is 1. The number of pyridine rings is 1. The molecule has 2 aliphatic rings. The molecule has 0 spiro atoms. The van der Waals surface area contributed by atoms with Crippen molar-refractivity contribution < 1.29 is 9.84 Å². The monoisotopic (exact) mass is 490 g/mol. The first-order chi connectivity index (χ1) is 17.5. The summed E-state index contributed by atoms with van der Waals surface area (Å²) < 4.78 is 7.35. The Kier molecular flexibility index (Phi) is 7.39. The maximum Gasteiger partial charge on any atom is 0.154 e. The molecule has 192 valence electrons. The van der Waals surface area contributed by atoms with Gasteiger partial charge in [0.2, 0.25) is 0 Å². The average Bonchev–Trinajstić information content (AvgIpc) is 3.31. The number of ether oxygens (including phenoxy) is 1. The SMILES string of the molecule is CCc1ccc(-n2ncc(C(O)Nc3ccc(C4(N)CCC(N5CCOCC5)CC4)nc3)c2C)cc1. The van der Waals surface area contributed by atoms with Crippen molar-refractivity contribution in [2.45, 2.75) is 63.8 Å². The van der Waals surface area contributed by atoms with E-state index in [1.165, 1.54) is 5.56 Å². The Labute approximate surface area is 213 Å². The van der Waals surface area contributed by atoms with Crippen LogP contribution in [0.25, 0.3) is 5.69 Å². The summed E-state index contributed by atoms with van der Waals surface area (Å²) in [6.07, 6.45) is 7.61.